The molecule has 0 saturated carbocycles. The molecule has 0 radical (unpaired) electrons. The number of nitrogens with zero attached hydrogens (tertiary/aromatic N) is 3. The average Bonchev–Trinajstić information content (AvgIpc) is 3.41. The molecule has 9 heteroatoms. The number of anilines is 2. The standard InChI is InChI=1S/C21H20N4O2S3/c1-13-6-4-7-14(10-13)23-20-24-25-21(30-20)29-12-15-11-28-19(22-15)16-8-5-9-17(26-2)18(16)27-3/h4-11H,12H2,1-3H3,(H,23,24). The molecular formula is C21H20N4O2S3. The number of hydrogen-bond acceptors (Lipinski definition) is 9. The molecule has 1 N–H and O–H groups in total. The maximum absolute atomic E-state index is 5.53. The highest BCUT2D eigenvalue weighted by Gasteiger charge is 2.15. The second-order valence-electron chi connectivity index (χ2n) is 6.34. The molecule has 30 heavy (non-hydrogen) atoms. The van der Waals surface area contributed by atoms with Gasteiger partial charge in [-0.3, -0.25) is 0 Å². The Morgan fingerprint density at radius 2 is 1.93 bits per heavy atom. The number of methoxy groups -OCH3 is 2. The summed E-state index contributed by atoms with van der Waals surface area (Å²) >= 11 is 4.75. The third-order valence-electron chi connectivity index (χ3n) is 4.20. The highest BCUT2D eigenvalue weighted by Crippen LogP contribution is 2.39. The number of thioether (sulfide) groups is 1. The molecule has 0 aliphatic heterocycles. The van der Waals surface area contributed by atoms with Gasteiger partial charge >= 0.3 is 0 Å². The fourth-order valence-electron chi connectivity index (χ4n) is 2.85. The first kappa shape index (κ1) is 20.6. The molecule has 6 nitrogen and oxygen atoms in total. The van der Waals surface area contributed by atoms with Crippen molar-refractivity contribution >= 4 is 45.3 Å². The van der Waals surface area contributed by atoms with Gasteiger partial charge in [-0.25, -0.2) is 4.98 Å². The molecule has 2 aromatic carbocycles. The lowest BCUT2D eigenvalue weighted by molar-refractivity contribution is 0.356. The number of ether oxygens (including phenoxy) is 2. The number of rotatable bonds is 8. The van der Waals surface area contributed by atoms with Gasteiger partial charge in [0.2, 0.25) is 5.13 Å². The van der Waals surface area contributed by atoms with Crippen LogP contribution in [-0.2, 0) is 5.75 Å². The van der Waals surface area contributed by atoms with Crippen LogP contribution < -0.4 is 14.8 Å². The van der Waals surface area contributed by atoms with Crippen molar-refractivity contribution in [3.8, 4) is 22.1 Å². The van der Waals surface area contributed by atoms with Gasteiger partial charge in [-0.05, 0) is 36.8 Å². The van der Waals surface area contributed by atoms with Crippen LogP contribution in [0, 0.1) is 6.92 Å². The monoisotopic (exact) mass is 456 g/mol. The van der Waals surface area contributed by atoms with Crippen LogP contribution in [0.2, 0.25) is 0 Å². The minimum Gasteiger partial charge on any atom is -0.493 e. The van der Waals surface area contributed by atoms with E-state index in [1.165, 1.54) is 16.9 Å². The lowest BCUT2D eigenvalue weighted by atomic mass is 10.2. The molecule has 0 amide bonds. The second kappa shape index (κ2) is 9.46. The fourth-order valence-corrected chi connectivity index (χ4v) is 5.46. The molecule has 0 aliphatic carbocycles. The molecule has 0 aliphatic rings. The summed E-state index contributed by atoms with van der Waals surface area (Å²) in [4.78, 5) is 4.77. The van der Waals surface area contributed by atoms with Crippen molar-refractivity contribution in [3.05, 3.63) is 59.1 Å². The molecule has 0 saturated heterocycles. The van der Waals surface area contributed by atoms with Crippen LogP contribution in [0.3, 0.4) is 0 Å². The fraction of sp³-hybridized carbons (Fsp3) is 0.190. The minimum absolute atomic E-state index is 0.698. The summed E-state index contributed by atoms with van der Waals surface area (Å²) in [5, 5.41) is 15.6. The molecule has 154 valence electrons. The number of nitrogens with one attached hydrogen (secondary N) is 1. The highest BCUT2D eigenvalue weighted by atomic mass is 32.2. The predicted octanol–water partition coefficient (Wildman–Crippen LogP) is 6.02. The smallest absolute Gasteiger partial charge is 0.210 e. The Kier molecular flexibility index (Phi) is 6.51. The summed E-state index contributed by atoms with van der Waals surface area (Å²) in [5.74, 6) is 2.12. The normalized spacial score (nSPS) is 10.8. The molecule has 0 unspecified atom stereocenters. The zero-order chi connectivity index (χ0) is 20.9. The molecule has 4 aromatic rings. The summed E-state index contributed by atoms with van der Waals surface area (Å²) in [5.41, 5.74) is 4.14. The maximum atomic E-state index is 5.53. The lowest BCUT2D eigenvalue weighted by Gasteiger charge is -2.10. The lowest BCUT2D eigenvalue weighted by Crippen LogP contribution is -1.93. The average molecular weight is 457 g/mol. The number of aromatic nitrogens is 3. The third kappa shape index (κ3) is 4.75. The molecular weight excluding hydrogens is 436 g/mol. The predicted molar refractivity (Wildman–Crippen MR) is 125 cm³/mol. The Labute approximate surface area is 187 Å². The van der Waals surface area contributed by atoms with Crippen molar-refractivity contribution in [2.75, 3.05) is 19.5 Å². The zero-order valence-corrected chi connectivity index (χ0v) is 19.2. The number of benzene rings is 2. The van der Waals surface area contributed by atoms with E-state index in [4.69, 9.17) is 14.5 Å². The van der Waals surface area contributed by atoms with E-state index in [1.54, 1.807) is 37.3 Å². The van der Waals surface area contributed by atoms with Gasteiger partial charge < -0.3 is 14.8 Å². The Morgan fingerprint density at radius 3 is 2.73 bits per heavy atom. The highest BCUT2D eigenvalue weighted by molar-refractivity contribution is 8.00. The van der Waals surface area contributed by atoms with Gasteiger partial charge in [0.15, 0.2) is 15.8 Å². The van der Waals surface area contributed by atoms with E-state index in [0.29, 0.717) is 11.5 Å². The number of hydrogen-bond donors (Lipinski definition) is 1. The molecule has 0 bridgehead atoms. The topological polar surface area (TPSA) is 69.2 Å². The van der Waals surface area contributed by atoms with E-state index in [1.807, 2.05) is 30.3 Å². The molecule has 2 aromatic heterocycles. The molecule has 0 fully saturated rings. The van der Waals surface area contributed by atoms with Crippen molar-refractivity contribution in [1.82, 2.24) is 15.2 Å². The Morgan fingerprint density at radius 1 is 1.07 bits per heavy atom. The maximum Gasteiger partial charge on any atom is 0.210 e. The second-order valence-corrected chi connectivity index (χ2v) is 9.40. The van der Waals surface area contributed by atoms with Gasteiger partial charge in [-0.15, -0.1) is 21.5 Å². The van der Waals surface area contributed by atoms with Crippen molar-refractivity contribution in [1.29, 1.82) is 0 Å². The number of thiazole rings is 1. The van der Waals surface area contributed by atoms with Gasteiger partial charge in [0.05, 0.1) is 25.5 Å². The van der Waals surface area contributed by atoms with E-state index < -0.39 is 0 Å². The Bertz CT molecular complexity index is 1140. The van der Waals surface area contributed by atoms with Crippen LogP contribution in [-0.4, -0.2) is 29.4 Å². The summed E-state index contributed by atoms with van der Waals surface area (Å²) in [6, 6.07) is 14.0. The molecule has 4 rings (SSSR count). The number of para-hydroxylation sites is 1. The van der Waals surface area contributed by atoms with Crippen LogP contribution in [0.4, 0.5) is 10.8 Å². The molecule has 0 atom stereocenters. The van der Waals surface area contributed by atoms with Crippen LogP contribution in [0.15, 0.2) is 52.2 Å². The van der Waals surface area contributed by atoms with Gasteiger partial charge in [0.25, 0.3) is 0 Å². The van der Waals surface area contributed by atoms with E-state index in [0.717, 1.165) is 37.2 Å². The zero-order valence-electron chi connectivity index (χ0n) is 16.7. The first-order valence-corrected chi connectivity index (χ1v) is 11.8. The van der Waals surface area contributed by atoms with Gasteiger partial charge in [0, 0.05) is 16.8 Å². The number of aryl methyl sites for hydroxylation is 1. The summed E-state index contributed by atoms with van der Waals surface area (Å²) in [6.07, 6.45) is 0. The van der Waals surface area contributed by atoms with E-state index in [9.17, 15) is 0 Å². The van der Waals surface area contributed by atoms with Gasteiger partial charge in [0.1, 0.15) is 5.01 Å². The Hall–Kier alpha value is -2.62. The van der Waals surface area contributed by atoms with Crippen molar-refractivity contribution in [2.45, 2.75) is 17.0 Å². The van der Waals surface area contributed by atoms with E-state index >= 15 is 0 Å². The van der Waals surface area contributed by atoms with Gasteiger partial charge in [-0.2, -0.15) is 0 Å². The minimum atomic E-state index is 0.698. The SMILES string of the molecule is COc1cccc(-c2nc(CSc3nnc(Nc4cccc(C)c4)s3)cs2)c1OC. The van der Waals surface area contributed by atoms with Crippen LogP contribution in [0.5, 0.6) is 11.5 Å². The van der Waals surface area contributed by atoms with E-state index in [-0.39, 0.29) is 0 Å². The van der Waals surface area contributed by atoms with Crippen molar-refractivity contribution in [3.63, 3.8) is 0 Å². The van der Waals surface area contributed by atoms with E-state index in [2.05, 4.69) is 40.0 Å². The molecule has 0 spiro atoms. The van der Waals surface area contributed by atoms with Crippen molar-refractivity contribution in [2.24, 2.45) is 0 Å². The van der Waals surface area contributed by atoms with Crippen LogP contribution in [0.25, 0.3) is 10.6 Å². The van der Waals surface area contributed by atoms with Crippen molar-refractivity contribution < 1.29 is 9.47 Å². The first-order chi connectivity index (χ1) is 14.7. The summed E-state index contributed by atoms with van der Waals surface area (Å²) in [7, 11) is 3.28. The third-order valence-corrected chi connectivity index (χ3v) is 7.13. The largest absolute Gasteiger partial charge is 0.493 e. The quantitative estimate of drug-likeness (QED) is 0.325. The summed E-state index contributed by atoms with van der Waals surface area (Å²) in [6.45, 7) is 2.07. The van der Waals surface area contributed by atoms with Gasteiger partial charge in [-0.1, -0.05) is 41.3 Å². The molecule has 2 heterocycles. The summed E-state index contributed by atoms with van der Waals surface area (Å²) < 4.78 is 11.8. The van der Waals surface area contributed by atoms with Crippen LogP contribution >= 0.6 is 34.4 Å². The Balaban J connectivity index is 1.41. The first-order valence-electron chi connectivity index (χ1n) is 9.12. The van der Waals surface area contributed by atoms with Crippen LogP contribution in [0.1, 0.15) is 11.3 Å².